The highest BCUT2D eigenvalue weighted by Crippen LogP contribution is 2.25. The summed E-state index contributed by atoms with van der Waals surface area (Å²) in [4.78, 5) is 10.5. The number of hydrogen-bond acceptors (Lipinski definition) is 1. The summed E-state index contributed by atoms with van der Waals surface area (Å²) in [7, 11) is 0. The number of halogens is 3. The first-order valence-corrected chi connectivity index (χ1v) is 4.18. The lowest BCUT2D eigenvalue weighted by Gasteiger charge is -2.08. The topological polar surface area (TPSA) is 37.3 Å². The van der Waals surface area contributed by atoms with E-state index in [1.165, 1.54) is 6.92 Å². The summed E-state index contributed by atoms with van der Waals surface area (Å²) in [6.45, 7) is 1.27. The summed E-state index contributed by atoms with van der Waals surface area (Å²) in [5.41, 5.74) is -0.209. The van der Waals surface area contributed by atoms with Crippen LogP contribution in [0.1, 0.15) is 18.4 Å². The minimum Gasteiger partial charge on any atom is -0.481 e. The largest absolute Gasteiger partial charge is 0.481 e. The molecule has 2 nitrogen and oxygen atoms in total. The Morgan fingerprint density at radius 3 is 2.50 bits per heavy atom. The normalized spacial score (nSPS) is 12.6. The molecule has 1 aromatic carbocycles. The maximum Gasteiger partial charge on any atom is 0.310 e. The van der Waals surface area contributed by atoms with Crippen LogP contribution in [0.25, 0.3) is 0 Å². The van der Waals surface area contributed by atoms with Crippen LogP contribution in [-0.4, -0.2) is 11.1 Å². The van der Waals surface area contributed by atoms with Crippen LogP contribution in [-0.2, 0) is 4.79 Å². The Balaban J connectivity index is 3.22. The smallest absolute Gasteiger partial charge is 0.310 e. The van der Waals surface area contributed by atoms with E-state index >= 15 is 0 Å². The van der Waals surface area contributed by atoms with Gasteiger partial charge < -0.3 is 5.11 Å². The highest BCUT2D eigenvalue weighted by molar-refractivity contribution is 6.30. The summed E-state index contributed by atoms with van der Waals surface area (Å²) in [5.74, 6) is -3.95. The van der Waals surface area contributed by atoms with Crippen molar-refractivity contribution in [3.63, 3.8) is 0 Å². The van der Waals surface area contributed by atoms with E-state index in [0.717, 1.165) is 12.1 Å². The number of carboxylic acid groups (broad SMARTS) is 1. The molecule has 0 saturated carbocycles. The molecule has 0 aliphatic heterocycles. The molecule has 1 aromatic rings. The van der Waals surface area contributed by atoms with Crippen molar-refractivity contribution in [2.24, 2.45) is 0 Å². The van der Waals surface area contributed by atoms with Gasteiger partial charge in [-0.2, -0.15) is 0 Å². The molecule has 5 heteroatoms. The molecule has 1 atom stereocenters. The van der Waals surface area contributed by atoms with E-state index in [1.54, 1.807) is 0 Å². The Hall–Kier alpha value is -1.16. The van der Waals surface area contributed by atoms with E-state index in [0.29, 0.717) is 0 Å². The molecule has 0 aliphatic rings. The minimum absolute atomic E-state index is 0.209. The zero-order chi connectivity index (χ0) is 10.9. The first-order valence-electron chi connectivity index (χ1n) is 3.80. The van der Waals surface area contributed by atoms with Crippen molar-refractivity contribution in [3.8, 4) is 0 Å². The predicted molar refractivity (Wildman–Crippen MR) is 47.4 cm³/mol. The van der Waals surface area contributed by atoms with Gasteiger partial charge in [0.05, 0.1) is 10.9 Å². The summed E-state index contributed by atoms with van der Waals surface area (Å²) in [5, 5.41) is 8.24. The molecular weight excluding hydrogens is 214 g/mol. The first kappa shape index (κ1) is 10.9. The van der Waals surface area contributed by atoms with Gasteiger partial charge in [-0.3, -0.25) is 4.79 Å². The zero-order valence-corrected chi connectivity index (χ0v) is 7.98. The van der Waals surface area contributed by atoms with Crippen LogP contribution in [0.2, 0.25) is 5.02 Å². The van der Waals surface area contributed by atoms with Gasteiger partial charge in [0.25, 0.3) is 0 Å². The lowest BCUT2D eigenvalue weighted by molar-refractivity contribution is -0.138. The molecule has 0 aromatic heterocycles. The van der Waals surface area contributed by atoms with Gasteiger partial charge in [0.2, 0.25) is 0 Å². The highest BCUT2D eigenvalue weighted by atomic mass is 35.5. The van der Waals surface area contributed by atoms with Crippen LogP contribution in [0.5, 0.6) is 0 Å². The van der Waals surface area contributed by atoms with E-state index < -0.39 is 23.5 Å². The Labute approximate surface area is 84.1 Å². The monoisotopic (exact) mass is 220 g/mol. The van der Waals surface area contributed by atoms with Crippen molar-refractivity contribution in [1.29, 1.82) is 0 Å². The average molecular weight is 221 g/mol. The number of aliphatic carboxylic acids is 1. The van der Waals surface area contributed by atoms with Crippen molar-refractivity contribution < 1.29 is 18.7 Å². The standard InChI is InChI=1S/C9H7ClF2O2/c1-4(9(13)14)5-2-8(12)6(10)3-7(5)11/h2-4H,1H3,(H,13,14). The Morgan fingerprint density at radius 2 is 2.00 bits per heavy atom. The van der Waals surface area contributed by atoms with Gasteiger partial charge in [0, 0.05) is 5.56 Å². The molecule has 76 valence electrons. The molecular formula is C9H7ClF2O2. The summed E-state index contributed by atoms with van der Waals surface area (Å²) in [6, 6.07) is 1.57. The summed E-state index contributed by atoms with van der Waals surface area (Å²) >= 11 is 5.31. The Kier molecular flexibility index (Phi) is 3.06. The van der Waals surface area contributed by atoms with Gasteiger partial charge in [0.15, 0.2) is 0 Å². The number of hydrogen-bond donors (Lipinski definition) is 1. The highest BCUT2D eigenvalue weighted by Gasteiger charge is 2.19. The molecule has 1 N–H and O–H groups in total. The molecule has 1 rings (SSSR count). The molecule has 0 radical (unpaired) electrons. The Bertz CT molecular complexity index is 379. The molecule has 0 fully saturated rings. The van der Waals surface area contributed by atoms with E-state index in [-0.39, 0.29) is 10.6 Å². The second kappa shape index (κ2) is 3.92. The van der Waals surface area contributed by atoms with Crippen molar-refractivity contribution in [1.82, 2.24) is 0 Å². The number of rotatable bonds is 2. The minimum atomic E-state index is -1.22. The van der Waals surface area contributed by atoms with E-state index in [1.807, 2.05) is 0 Å². The molecule has 14 heavy (non-hydrogen) atoms. The third kappa shape index (κ3) is 2.01. The van der Waals surface area contributed by atoms with Gasteiger partial charge in [-0.05, 0) is 19.1 Å². The maximum absolute atomic E-state index is 13.1. The van der Waals surface area contributed by atoms with Crippen LogP contribution < -0.4 is 0 Å². The SMILES string of the molecule is CC(C(=O)O)c1cc(F)c(Cl)cc1F. The van der Waals surface area contributed by atoms with E-state index in [4.69, 9.17) is 16.7 Å². The van der Waals surface area contributed by atoms with Gasteiger partial charge >= 0.3 is 5.97 Å². The molecule has 0 spiro atoms. The summed E-state index contributed by atoms with van der Waals surface area (Å²) in [6.07, 6.45) is 0. The summed E-state index contributed by atoms with van der Waals surface area (Å²) < 4.78 is 26.0. The number of carboxylic acids is 1. The molecule has 0 heterocycles. The predicted octanol–water partition coefficient (Wildman–Crippen LogP) is 2.81. The molecule has 1 unspecified atom stereocenters. The number of benzene rings is 1. The second-order valence-corrected chi connectivity index (χ2v) is 3.25. The van der Waals surface area contributed by atoms with Crippen LogP contribution in [0, 0.1) is 11.6 Å². The van der Waals surface area contributed by atoms with Crippen molar-refractivity contribution in [3.05, 3.63) is 34.4 Å². The van der Waals surface area contributed by atoms with E-state index in [9.17, 15) is 13.6 Å². The van der Waals surface area contributed by atoms with Crippen LogP contribution in [0.3, 0.4) is 0 Å². The Morgan fingerprint density at radius 1 is 1.43 bits per heavy atom. The van der Waals surface area contributed by atoms with Gasteiger partial charge in [-0.15, -0.1) is 0 Å². The molecule has 0 aliphatic carbocycles. The van der Waals surface area contributed by atoms with Gasteiger partial charge in [-0.25, -0.2) is 8.78 Å². The fourth-order valence-electron chi connectivity index (χ4n) is 1.00. The van der Waals surface area contributed by atoms with Crippen LogP contribution in [0.15, 0.2) is 12.1 Å². The third-order valence-electron chi connectivity index (χ3n) is 1.88. The molecule has 0 saturated heterocycles. The van der Waals surface area contributed by atoms with Gasteiger partial charge in [-0.1, -0.05) is 11.6 Å². The fourth-order valence-corrected chi connectivity index (χ4v) is 1.15. The average Bonchev–Trinajstić information content (AvgIpc) is 2.10. The van der Waals surface area contributed by atoms with Crippen molar-refractivity contribution in [2.45, 2.75) is 12.8 Å². The van der Waals surface area contributed by atoms with Crippen molar-refractivity contribution in [2.75, 3.05) is 0 Å². The lowest BCUT2D eigenvalue weighted by atomic mass is 10.0. The van der Waals surface area contributed by atoms with Crippen LogP contribution in [0.4, 0.5) is 8.78 Å². The second-order valence-electron chi connectivity index (χ2n) is 2.85. The molecule has 0 bridgehead atoms. The lowest BCUT2D eigenvalue weighted by Crippen LogP contribution is -2.09. The van der Waals surface area contributed by atoms with Crippen molar-refractivity contribution >= 4 is 17.6 Å². The number of carbonyl (C=O) groups is 1. The zero-order valence-electron chi connectivity index (χ0n) is 7.22. The fraction of sp³-hybridized carbons (Fsp3) is 0.222. The first-order chi connectivity index (χ1) is 6.43. The van der Waals surface area contributed by atoms with Crippen LogP contribution >= 0.6 is 11.6 Å². The maximum atomic E-state index is 13.1. The quantitative estimate of drug-likeness (QED) is 0.779. The third-order valence-corrected chi connectivity index (χ3v) is 2.17. The van der Waals surface area contributed by atoms with Gasteiger partial charge in [0.1, 0.15) is 11.6 Å². The van der Waals surface area contributed by atoms with E-state index in [2.05, 4.69) is 0 Å². The molecule has 0 amide bonds.